The molecule has 0 bridgehead atoms. The molecule has 24 heavy (non-hydrogen) atoms. The first-order valence-corrected chi connectivity index (χ1v) is 7.74. The molecule has 0 spiro atoms. The van der Waals surface area contributed by atoms with E-state index in [0.717, 1.165) is 0 Å². The van der Waals surface area contributed by atoms with Crippen molar-refractivity contribution in [1.82, 2.24) is 15.0 Å². The van der Waals surface area contributed by atoms with Crippen molar-refractivity contribution in [3.8, 4) is 6.01 Å². The summed E-state index contributed by atoms with van der Waals surface area (Å²) in [6.45, 7) is 11.2. The van der Waals surface area contributed by atoms with Crippen molar-refractivity contribution in [2.45, 2.75) is 0 Å². The molecule has 0 saturated carbocycles. The third-order valence-electron chi connectivity index (χ3n) is 2.51. The smallest absolute Gasteiger partial charge is 0.323 e. The zero-order valence-electron chi connectivity index (χ0n) is 13.9. The highest BCUT2D eigenvalue weighted by atomic mass is 16.5. The van der Waals surface area contributed by atoms with E-state index >= 15 is 0 Å². The summed E-state index contributed by atoms with van der Waals surface area (Å²) in [4.78, 5) is 12.6. The minimum Gasteiger partial charge on any atom is -0.459 e. The van der Waals surface area contributed by atoms with Gasteiger partial charge in [0.05, 0.1) is 26.4 Å². The number of anilines is 2. The van der Waals surface area contributed by atoms with Crippen molar-refractivity contribution >= 4 is 11.9 Å². The summed E-state index contributed by atoms with van der Waals surface area (Å²) in [6.07, 6.45) is 3.33. The Morgan fingerprint density at radius 2 is 1.62 bits per heavy atom. The number of nitrogens with one attached hydrogen (secondary N) is 2. The maximum Gasteiger partial charge on any atom is 0.323 e. The Balaban J connectivity index is 2.40. The topological polar surface area (TPSA) is 116 Å². The van der Waals surface area contributed by atoms with E-state index in [-0.39, 0.29) is 6.01 Å². The standard InChI is InChI=1S/C15H26N6O3/c1-3-6-17-13-19-14(21-15(20-13)24-8-4-2)18-7-10-23-12-11-22-9-5-16/h3-4H,1-2,5-12,16H2,(H2,17,18,19,20,21). The minimum absolute atomic E-state index is 0.218. The first-order valence-electron chi connectivity index (χ1n) is 7.74. The van der Waals surface area contributed by atoms with E-state index in [1.165, 1.54) is 0 Å². The van der Waals surface area contributed by atoms with Gasteiger partial charge >= 0.3 is 6.01 Å². The summed E-state index contributed by atoms with van der Waals surface area (Å²) in [7, 11) is 0. The van der Waals surface area contributed by atoms with E-state index in [4.69, 9.17) is 19.9 Å². The summed E-state index contributed by atoms with van der Waals surface area (Å²) in [5, 5.41) is 6.06. The van der Waals surface area contributed by atoms with E-state index < -0.39 is 0 Å². The molecule has 0 aliphatic carbocycles. The van der Waals surface area contributed by atoms with Crippen molar-refractivity contribution in [2.24, 2.45) is 5.73 Å². The molecule has 0 saturated heterocycles. The van der Waals surface area contributed by atoms with Crippen LogP contribution in [0.3, 0.4) is 0 Å². The van der Waals surface area contributed by atoms with Gasteiger partial charge in [0, 0.05) is 19.6 Å². The monoisotopic (exact) mass is 338 g/mol. The lowest BCUT2D eigenvalue weighted by Crippen LogP contribution is -2.16. The van der Waals surface area contributed by atoms with Crippen LogP contribution in [-0.4, -0.2) is 67.6 Å². The van der Waals surface area contributed by atoms with Crippen LogP contribution in [0.25, 0.3) is 0 Å². The first kappa shape index (κ1) is 19.8. The van der Waals surface area contributed by atoms with E-state index in [2.05, 4.69) is 38.7 Å². The molecule has 1 aromatic heterocycles. The zero-order valence-corrected chi connectivity index (χ0v) is 13.9. The Labute approximate surface area is 142 Å². The third-order valence-corrected chi connectivity index (χ3v) is 2.51. The number of nitrogens with zero attached hydrogens (tertiary/aromatic N) is 3. The lowest BCUT2D eigenvalue weighted by Gasteiger charge is -2.10. The molecule has 0 aromatic carbocycles. The van der Waals surface area contributed by atoms with E-state index in [1.807, 2.05) is 0 Å². The highest BCUT2D eigenvalue weighted by Gasteiger charge is 2.06. The molecule has 1 heterocycles. The molecule has 9 heteroatoms. The van der Waals surface area contributed by atoms with Gasteiger partial charge < -0.3 is 30.6 Å². The van der Waals surface area contributed by atoms with E-state index in [9.17, 15) is 0 Å². The Hall–Kier alpha value is -2.23. The predicted octanol–water partition coefficient (Wildman–Crippen LogP) is 0.438. The van der Waals surface area contributed by atoms with E-state index in [0.29, 0.717) is 64.6 Å². The number of aromatic nitrogens is 3. The van der Waals surface area contributed by atoms with Crippen LogP contribution < -0.4 is 21.1 Å². The first-order chi connectivity index (χ1) is 11.8. The quantitative estimate of drug-likeness (QED) is 0.309. The molecule has 0 fully saturated rings. The lowest BCUT2D eigenvalue weighted by atomic mass is 10.6. The zero-order chi connectivity index (χ0) is 17.5. The molecule has 0 amide bonds. The average molecular weight is 338 g/mol. The van der Waals surface area contributed by atoms with Crippen LogP contribution in [0.15, 0.2) is 25.3 Å². The van der Waals surface area contributed by atoms with Gasteiger partial charge in [-0.3, -0.25) is 0 Å². The number of nitrogens with two attached hydrogens (primary N) is 1. The third kappa shape index (κ3) is 9.03. The molecule has 0 aliphatic rings. The van der Waals surface area contributed by atoms with Crippen LogP contribution in [0.2, 0.25) is 0 Å². The van der Waals surface area contributed by atoms with Crippen molar-refractivity contribution in [3.63, 3.8) is 0 Å². The molecule has 1 rings (SSSR count). The molecule has 1 aromatic rings. The van der Waals surface area contributed by atoms with Gasteiger partial charge in [-0.25, -0.2) is 0 Å². The second-order valence-electron chi connectivity index (χ2n) is 4.47. The van der Waals surface area contributed by atoms with Crippen LogP contribution in [0.4, 0.5) is 11.9 Å². The second-order valence-corrected chi connectivity index (χ2v) is 4.47. The highest BCUT2D eigenvalue weighted by Crippen LogP contribution is 2.11. The second kappa shape index (κ2) is 13.2. The van der Waals surface area contributed by atoms with Crippen molar-refractivity contribution in [2.75, 3.05) is 63.3 Å². The van der Waals surface area contributed by atoms with Crippen molar-refractivity contribution in [3.05, 3.63) is 25.3 Å². The van der Waals surface area contributed by atoms with Gasteiger partial charge in [0.15, 0.2) is 0 Å². The van der Waals surface area contributed by atoms with Crippen LogP contribution in [-0.2, 0) is 9.47 Å². The number of hydrogen-bond donors (Lipinski definition) is 3. The minimum atomic E-state index is 0.218. The normalized spacial score (nSPS) is 10.2. The van der Waals surface area contributed by atoms with E-state index in [1.54, 1.807) is 12.2 Å². The summed E-state index contributed by atoms with van der Waals surface area (Å²) in [5.74, 6) is 0.807. The molecule has 0 radical (unpaired) electrons. The van der Waals surface area contributed by atoms with Gasteiger partial charge in [-0.2, -0.15) is 15.0 Å². The molecule has 0 unspecified atom stereocenters. The molecule has 9 nitrogen and oxygen atoms in total. The van der Waals surface area contributed by atoms with Gasteiger partial charge in [-0.1, -0.05) is 18.7 Å². The van der Waals surface area contributed by atoms with Gasteiger partial charge in [-0.05, 0) is 0 Å². The van der Waals surface area contributed by atoms with Crippen LogP contribution >= 0.6 is 0 Å². The van der Waals surface area contributed by atoms with Crippen LogP contribution in [0.1, 0.15) is 0 Å². The van der Waals surface area contributed by atoms with Gasteiger partial charge in [0.1, 0.15) is 6.61 Å². The number of ether oxygens (including phenoxy) is 3. The van der Waals surface area contributed by atoms with Crippen molar-refractivity contribution in [1.29, 1.82) is 0 Å². The van der Waals surface area contributed by atoms with Crippen LogP contribution in [0, 0.1) is 0 Å². The number of hydrogen-bond acceptors (Lipinski definition) is 9. The Kier molecular flexibility index (Phi) is 10.9. The van der Waals surface area contributed by atoms with Gasteiger partial charge in [0.25, 0.3) is 0 Å². The molecular formula is C15H26N6O3. The summed E-state index contributed by atoms with van der Waals surface area (Å²) in [6, 6.07) is 0.218. The van der Waals surface area contributed by atoms with Gasteiger partial charge in [-0.15, -0.1) is 6.58 Å². The van der Waals surface area contributed by atoms with Gasteiger partial charge in [0.2, 0.25) is 11.9 Å². The maximum absolute atomic E-state index is 5.42. The fourth-order valence-corrected chi connectivity index (χ4v) is 1.52. The maximum atomic E-state index is 5.42. The lowest BCUT2D eigenvalue weighted by molar-refractivity contribution is 0.0547. The SMILES string of the molecule is C=CCNc1nc(NCCOCCOCCN)nc(OCC=C)n1. The molecule has 134 valence electrons. The summed E-state index contributed by atoms with van der Waals surface area (Å²) < 4.78 is 16.0. The fraction of sp³-hybridized carbons (Fsp3) is 0.533. The Bertz CT molecular complexity index is 456. The largest absolute Gasteiger partial charge is 0.459 e. The Morgan fingerprint density at radius 1 is 0.917 bits per heavy atom. The molecule has 0 aliphatic heterocycles. The molecular weight excluding hydrogens is 312 g/mol. The molecule has 4 N–H and O–H groups in total. The fourth-order valence-electron chi connectivity index (χ4n) is 1.52. The highest BCUT2D eigenvalue weighted by molar-refractivity contribution is 5.36. The average Bonchev–Trinajstić information content (AvgIpc) is 2.60. The summed E-state index contributed by atoms with van der Waals surface area (Å²) >= 11 is 0. The van der Waals surface area contributed by atoms with Crippen molar-refractivity contribution < 1.29 is 14.2 Å². The molecule has 0 atom stereocenters. The Morgan fingerprint density at radius 3 is 2.29 bits per heavy atom. The van der Waals surface area contributed by atoms with Crippen LogP contribution in [0.5, 0.6) is 6.01 Å². The summed E-state index contributed by atoms with van der Waals surface area (Å²) in [5.41, 5.74) is 5.32. The number of rotatable bonds is 15. The predicted molar refractivity (Wildman–Crippen MR) is 93.4 cm³/mol.